The maximum absolute atomic E-state index is 9.49. The van der Waals surface area contributed by atoms with Gasteiger partial charge in [0, 0.05) is 11.3 Å². The van der Waals surface area contributed by atoms with Crippen LogP contribution in [0.3, 0.4) is 0 Å². The minimum absolute atomic E-state index is 0.317. The van der Waals surface area contributed by atoms with Crippen molar-refractivity contribution in [2.45, 2.75) is 19.3 Å². The van der Waals surface area contributed by atoms with Crippen LogP contribution in [0.4, 0.5) is 0 Å². The molecule has 1 unspecified atom stereocenters. The first-order chi connectivity index (χ1) is 8.83. The Kier molecular flexibility index (Phi) is 3.07. The van der Waals surface area contributed by atoms with Gasteiger partial charge in [0.25, 0.3) is 0 Å². The Balaban J connectivity index is 1.93. The van der Waals surface area contributed by atoms with Gasteiger partial charge in [-0.05, 0) is 41.7 Å². The summed E-state index contributed by atoms with van der Waals surface area (Å²) in [6.45, 7) is 1.38. The Hall–Kier alpha value is -1.37. The molecule has 0 amide bonds. The Morgan fingerprint density at radius 1 is 1.39 bits per heavy atom. The normalized spacial score (nSPS) is 23.9. The molecular weight excluding hydrogens is 242 g/mol. The minimum atomic E-state index is -0.317. The molecule has 0 saturated carbocycles. The summed E-state index contributed by atoms with van der Waals surface area (Å²) in [6, 6.07) is 10.9. The molecule has 2 nitrogen and oxygen atoms in total. The molecule has 2 aromatic rings. The highest BCUT2D eigenvalue weighted by Gasteiger charge is 2.33. The summed E-state index contributed by atoms with van der Waals surface area (Å²) in [5, 5.41) is 13.0. The molecule has 1 fully saturated rings. The zero-order valence-electron chi connectivity index (χ0n) is 10.2. The van der Waals surface area contributed by atoms with Crippen LogP contribution in [-0.2, 0) is 11.2 Å². The number of rotatable bonds is 2. The van der Waals surface area contributed by atoms with Crippen LogP contribution in [0.1, 0.15) is 18.4 Å². The Morgan fingerprint density at radius 3 is 3.06 bits per heavy atom. The van der Waals surface area contributed by atoms with Gasteiger partial charge in [-0.15, -0.1) is 11.3 Å². The van der Waals surface area contributed by atoms with Crippen molar-refractivity contribution >= 4 is 21.4 Å². The van der Waals surface area contributed by atoms with Crippen molar-refractivity contribution in [1.82, 2.24) is 0 Å². The molecule has 1 aliphatic rings. The smallest absolute Gasteiger partial charge is 0.0848 e. The van der Waals surface area contributed by atoms with E-state index >= 15 is 0 Å². The van der Waals surface area contributed by atoms with Crippen molar-refractivity contribution in [3.63, 3.8) is 0 Å². The third kappa shape index (κ3) is 2.03. The molecule has 0 bridgehead atoms. The highest BCUT2D eigenvalue weighted by Crippen LogP contribution is 2.36. The lowest BCUT2D eigenvalue weighted by Crippen LogP contribution is -2.32. The molecule has 0 spiro atoms. The van der Waals surface area contributed by atoms with Crippen LogP contribution in [0, 0.1) is 16.7 Å². The lowest BCUT2D eigenvalue weighted by atomic mass is 9.78. The van der Waals surface area contributed by atoms with E-state index in [-0.39, 0.29) is 5.41 Å². The molecular formula is C15H15NOS. The zero-order valence-corrected chi connectivity index (χ0v) is 11.0. The van der Waals surface area contributed by atoms with Crippen molar-refractivity contribution < 1.29 is 4.74 Å². The Morgan fingerprint density at radius 2 is 2.28 bits per heavy atom. The zero-order chi connectivity index (χ0) is 12.4. The first-order valence-corrected chi connectivity index (χ1v) is 7.15. The summed E-state index contributed by atoms with van der Waals surface area (Å²) >= 11 is 1.76. The van der Waals surface area contributed by atoms with Crippen molar-refractivity contribution in [3.8, 4) is 6.07 Å². The van der Waals surface area contributed by atoms with Crippen LogP contribution >= 0.6 is 11.3 Å². The average molecular weight is 257 g/mol. The van der Waals surface area contributed by atoms with Crippen LogP contribution in [0.25, 0.3) is 10.1 Å². The maximum atomic E-state index is 9.49. The largest absolute Gasteiger partial charge is 0.380 e. The summed E-state index contributed by atoms with van der Waals surface area (Å²) in [7, 11) is 0. The number of nitrogens with zero attached hydrogens (tertiary/aromatic N) is 1. The fraction of sp³-hybridized carbons (Fsp3) is 0.400. The number of fused-ring (bicyclic) bond motifs is 1. The summed E-state index contributed by atoms with van der Waals surface area (Å²) in [5.41, 5.74) is 0.977. The third-order valence-electron chi connectivity index (χ3n) is 3.65. The number of nitriles is 1. The van der Waals surface area contributed by atoms with E-state index in [1.54, 1.807) is 11.3 Å². The van der Waals surface area contributed by atoms with Crippen LogP contribution in [0.15, 0.2) is 29.6 Å². The van der Waals surface area contributed by atoms with Crippen molar-refractivity contribution in [2.75, 3.05) is 13.2 Å². The topological polar surface area (TPSA) is 33.0 Å². The third-order valence-corrected chi connectivity index (χ3v) is 4.66. The molecule has 18 heavy (non-hydrogen) atoms. The highest BCUT2D eigenvalue weighted by atomic mass is 32.1. The van der Waals surface area contributed by atoms with Gasteiger partial charge in [-0.1, -0.05) is 18.2 Å². The van der Waals surface area contributed by atoms with Crippen LogP contribution in [-0.4, -0.2) is 13.2 Å². The summed E-state index contributed by atoms with van der Waals surface area (Å²) in [5.74, 6) is 0. The molecule has 1 atom stereocenters. The molecule has 3 heteroatoms. The van der Waals surface area contributed by atoms with Gasteiger partial charge in [0.15, 0.2) is 0 Å². The standard InChI is InChI=1S/C15H15NOS/c16-10-15(6-3-7-17-11-15)8-12-9-18-14-5-2-1-4-13(12)14/h1-2,4-5,9H,3,6-8,11H2. The van der Waals surface area contributed by atoms with Gasteiger partial charge >= 0.3 is 0 Å². The van der Waals surface area contributed by atoms with Gasteiger partial charge in [-0.2, -0.15) is 5.26 Å². The predicted molar refractivity (Wildman–Crippen MR) is 73.6 cm³/mol. The summed E-state index contributed by atoms with van der Waals surface area (Å²) in [4.78, 5) is 0. The van der Waals surface area contributed by atoms with Crippen molar-refractivity contribution in [2.24, 2.45) is 5.41 Å². The fourth-order valence-electron chi connectivity index (χ4n) is 2.65. The van der Waals surface area contributed by atoms with E-state index in [2.05, 4.69) is 35.7 Å². The molecule has 1 aliphatic heterocycles. The van der Waals surface area contributed by atoms with E-state index in [1.165, 1.54) is 15.6 Å². The molecule has 1 aromatic carbocycles. The predicted octanol–water partition coefficient (Wildman–Crippen LogP) is 3.76. The molecule has 0 radical (unpaired) electrons. The van der Waals surface area contributed by atoms with Gasteiger partial charge in [0.2, 0.25) is 0 Å². The van der Waals surface area contributed by atoms with E-state index in [0.717, 1.165) is 25.9 Å². The lowest BCUT2D eigenvalue weighted by molar-refractivity contribution is 0.0225. The van der Waals surface area contributed by atoms with Gasteiger partial charge in [-0.25, -0.2) is 0 Å². The Labute approximate surface area is 111 Å². The van der Waals surface area contributed by atoms with E-state index in [4.69, 9.17) is 4.74 Å². The monoisotopic (exact) mass is 257 g/mol. The number of hydrogen-bond acceptors (Lipinski definition) is 3. The van der Waals surface area contributed by atoms with Crippen LogP contribution < -0.4 is 0 Å². The second kappa shape index (κ2) is 4.72. The number of benzene rings is 1. The molecule has 1 aromatic heterocycles. The first kappa shape index (κ1) is 11.7. The van der Waals surface area contributed by atoms with Crippen LogP contribution in [0.5, 0.6) is 0 Å². The Bertz CT molecular complexity index is 590. The molecule has 1 saturated heterocycles. The minimum Gasteiger partial charge on any atom is -0.380 e. The average Bonchev–Trinajstić information content (AvgIpc) is 2.83. The fourth-order valence-corrected chi connectivity index (χ4v) is 3.62. The maximum Gasteiger partial charge on any atom is 0.0848 e. The second-order valence-corrected chi connectivity index (χ2v) is 5.89. The molecule has 2 heterocycles. The highest BCUT2D eigenvalue weighted by molar-refractivity contribution is 7.17. The van der Waals surface area contributed by atoms with Crippen molar-refractivity contribution in [3.05, 3.63) is 35.2 Å². The van der Waals surface area contributed by atoms with E-state index < -0.39 is 0 Å². The van der Waals surface area contributed by atoms with Gasteiger partial charge < -0.3 is 4.74 Å². The molecule has 3 rings (SSSR count). The van der Waals surface area contributed by atoms with E-state index in [0.29, 0.717) is 6.61 Å². The SMILES string of the molecule is N#CC1(Cc2csc3ccccc23)CCCOC1. The van der Waals surface area contributed by atoms with Crippen LogP contribution in [0.2, 0.25) is 0 Å². The summed E-state index contributed by atoms with van der Waals surface area (Å²) < 4.78 is 6.82. The summed E-state index contributed by atoms with van der Waals surface area (Å²) in [6.07, 6.45) is 2.76. The molecule has 0 N–H and O–H groups in total. The number of thiophene rings is 1. The second-order valence-electron chi connectivity index (χ2n) is 4.98. The number of ether oxygens (including phenoxy) is 1. The molecule has 92 valence electrons. The first-order valence-electron chi connectivity index (χ1n) is 6.27. The van der Waals surface area contributed by atoms with E-state index in [1.807, 2.05) is 0 Å². The van der Waals surface area contributed by atoms with Crippen molar-refractivity contribution in [1.29, 1.82) is 5.26 Å². The number of hydrogen-bond donors (Lipinski definition) is 0. The van der Waals surface area contributed by atoms with E-state index in [9.17, 15) is 5.26 Å². The lowest BCUT2D eigenvalue weighted by Gasteiger charge is -2.30. The van der Waals surface area contributed by atoms with Gasteiger partial charge in [0.1, 0.15) is 0 Å². The quantitative estimate of drug-likeness (QED) is 0.820. The molecule has 0 aliphatic carbocycles. The van der Waals surface area contributed by atoms with Gasteiger partial charge in [-0.3, -0.25) is 0 Å². The van der Waals surface area contributed by atoms with Gasteiger partial charge in [0.05, 0.1) is 18.1 Å².